The first-order valence-corrected chi connectivity index (χ1v) is 7.42. The Morgan fingerprint density at radius 3 is 2.83 bits per heavy atom. The van der Waals surface area contributed by atoms with E-state index in [1.54, 1.807) is 11.3 Å². The second-order valence-corrected chi connectivity index (χ2v) is 6.23. The van der Waals surface area contributed by atoms with Crippen LogP contribution in [-0.4, -0.2) is 42.9 Å². The lowest BCUT2D eigenvalue weighted by Gasteiger charge is -2.21. The van der Waals surface area contributed by atoms with Crippen LogP contribution in [0.4, 0.5) is 0 Å². The van der Waals surface area contributed by atoms with E-state index in [2.05, 4.69) is 18.7 Å². The summed E-state index contributed by atoms with van der Waals surface area (Å²) in [6, 6.07) is 4.06. The van der Waals surface area contributed by atoms with Crippen LogP contribution in [0.1, 0.15) is 25.1 Å². The van der Waals surface area contributed by atoms with E-state index in [9.17, 15) is 5.11 Å². The predicted molar refractivity (Wildman–Crippen MR) is 76.9 cm³/mol. The van der Waals surface area contributed by atoms with Gasteiger partial charge in [-0.2, -0.15) is 0 Å². The van der Waals surface area contributed by atoms with Crippen LogP contribution in [0.25, 0.3) is 0 Å². The third-order valence-corrected chi connectivity index (χ3v) is 3.60. The third-order valence-electron chi connectivity index (χ3n) is 2.75. The minimum atomic E-state index is -0.401. The van der Waals surface area contributed by atoms with E-state index in [-0.39, 0.29) is 0 Å². The van der Waals surface area contributed by atoms with Gasteiger partial charge in [-0.15, -0.1) is 11.3 Å². The SMILES string of the molecule is CC(C)CCN(C)CC(O)COCc1cccs1. The zero-order chi connectivity index (χ0) is 13.4. The van der Waals surface area contributed by atoms with E-state index in [0.717, 1.165) is 6.54 Å². The van der Waals surface area contributed by atoms with Crippen molar-refractivity contribution in [3.8, 4) is 0 Å². The van der Waals surface area contributed by atoms with E-state index in [4.69, 9.17) is 4.74 Å². The zero-order valence-electron chi connectivity index (χ0n) is 11.6. The minimum Gasteiger partial charge on any atom is -0.389 e. The molecule has 0 saturated carbocycles. The number of likely N-dealkylation sites (N-methyl/N-ethyl adjacent to an activating group) is 1. The van der Waals surface area contributed by atoms with Crippen LogP contribution < -0.4 is 0 Å². The second kappa shape index (κ2) is 8.64. The molecule has 1 aromatic rings. The predicted octanol–water partition coefficient (Wildman–Crippen LogP) is 2.60. The van der Waals surface area contributed by atoms with Crippen molar-refractivity contribution in [3.05, 3.63) is 22.4 Å². The van der Waals surface area contributed by atoms with Crippen molar-refractivity contribution < 1.29 is 9.84 Å². The Bertz CT molecular complexity index is 301. The Balaban J connectivity index is 2.07. The molecule has 1 aromatic heterocycles. The van der Waals surface area contributed by atoms with E-state index >= 15 is 0 Å². The van der Waals surface area contributed by atoms with Gasteiger partial charge in [0.25, 0.3) is 0 Å². The molecule has 104 valence electrons. The number of nitrogens with zero attached hydrogens (tertiary/aromatic N) is 1. The van der Waals surface area contributed by atoms with Crippen molar-refractivity contribution in [3.63, 3.8) is 0 Å². The summed E-state index contributed by atoms with van der Waals surface area (Å²) < 4.78 is 5.50. The van der Waals surface area contributed by atoms with Crippen LogP contribution >= 0.6 is 11.3 Å². The Morgan fingerprint density at radius 1 is 1.44 bits per heavy atom. The van der Waals surface area contributed by atoms with Crippen LogP contribution in [-0.2, 0) is 11.3 Å². The Morgan fingerprint density at radius 2 is 2.22 bits per heavy atom. The maximum atomic E-state index is 9.85. The van der Waals surface area contributed by atoms with Crippen molar-refractivity contribution in [2.45, 2.75) is 33.0 Å². The average molecular weight is 271 g/mol. The van der Waals surface area contributed by atoms with Crippen molar-refractivity contribution in [2.75, 3.05) is 26.7 Å². The Kier molecular flexibility index (Phi) is 7.51. The van der Waals surface area contributed by atoms with Crippen molar-refractivity contribution in [1.29, 1.82) is 0 Å². The lowest BCUT2D eigenvalue weighted by Crippen LogP contribution is -2.33. The molecule has 0 aliphatic rings. The molecule has 0 fully saturated rings. The van der Waals surface area contributed by atoms with Gasteiger partial charge >= 0.3 is 0 Å². The largest absolute Gasteiger partial charge is 0.389 e. The number of aliphatic hydroxyl groups is 1. The van der Waals surface area contributed by atoms with Gasteiger partial charge in [-0.05, 0) is 37.4 Å². The molecule has 4 heteroatoms. The van der Waals surface area contributed by atoms with Crippen LogP contribution in [0.3, 0.4) is 0 Å². The Labute approximate surface area is 114 Å². The molecule has 0 aromatic carbocycles. The van der Waals surface area contributed by atoms with Crippen LogP contribution in [0.5, 0.6) is 0 Å². The topological polar surface area (TPSA) is 32.7 Å². The highest BCUT2D eigenvalue weighted by Gasteiger charge is 2.09. The molecule has 0 radical (unpaired) electrons. The van der Waals surface area contributed by atoms with Gasteiger partial charge < -0.3 is 14.7 Å². The first-order valence-electron chi connectivity index (χ1n) is 6.54. The zero-order valence-corrected chi connectivity index (χ0v) is 12.4. The number of rotatable bonds is 9. The quantitative estimate of drug-likeness (QED) is 0.749. The lowest BCUT2D eigenvalue weighted by atomic mass is 10.1. The van der Waals surface area contributed by atoms with Crippen LogP contribution in [0, 0.1) is 5.92 Å². The lowest BCUT2D eigenvalue weighted by molar-refractivity contribution is 0.0141. The van der Waals surface area contributed by atoms with Gasteiger partial charge in [-0.25, -0.2) is 0 Å². The Hall–Kier alpha value is -0.420. The molecule has 1 atom stereocenters. The standard InChI is InChI=1S/C14H25NO2S/c1-12(2)6-7-15(3)9-13(16)10-17-11-14-5-4-8-18-14/h4-5,8,12-13,16H,6-7,9-11H2,1-3H3. The van der Waals surface area contributed by atoms with E-state index in [0.29, 0.717) is 25.7 Å². The van der Waals surface area contributed by atoms with Gasteiger partial charge in [0, 0.05) is 11.4 Å². The molecular weight excluding hydrogens is 246 g/mol. The normalized spacial score (nSPS) is 13.4. The molecule has 0 spiro atoms. The van der Waals surface area contributed by atoms with Gasteiger partial charge in [-0.1, -0.05) is 19.9 Å². The van der Waals surface area contributed by atoms with Gasteiger partial charge in [0.2, 0.25) is 0 Å². The van der Waals surface area contributed by atoms with E-state index in [1.807, 2.05) is 24.6 Å². The summed E-state index contributed by atoms with van der Waals surface area (Å²) in [5.74, 6) is 0.708. The fourth-order valence-corrected chi connectivity index (χ4v) is 2.31. The highest BCUT2D eigenvalue weighted by atomic mass is 32.1. The van der Waals surface area contributed by atoms with Gasteiger partial charge in [0.05, 0.1) is 19.3 Å². The summed E-state index contributed by atoms with van der Waals surface area (Å²) in [5, 5.41) is 11.9. The van der Waals surface area contributed by atoms with Crippen molar-refractivity contribution in [2.24, 2.45) is 5.92 Å². The van der Waals surface area contributed by atoms with Crippen LogP contribution in [0.15, 0.2) is 17.5 Å². The van der Waals surface area contributed by atoms with E-state index < -0.39 is 6.10 Å². The highest BCUT2D eigenvalue weighted by Crippen LogP contribution is 2.09. The molecule has 0 saturated heterocycles. The fourth-order valence-electron chi connectivity index (χ4n) is 1.67. The summed E-state index contributed by atoms with van der Waals surface area (Å²) in [6.45, 7) is 7.15. The second-order valence-electron chi connectivity index (χ2n) is 5.19. The molecular formula is C14H25NO2S. The third kappa shape index (κ3) is 7.11. The first-order chi connectivity index (χ1) is 8.58. The highest BCUT2D eigenvalue weighted by molar-refractivity contribution is 7.09. The minimum absolute atomic E-state index is 0.401. The van der Waals surface area contributed by atoms with E-state index in [1.165, 1.54) is 11.3 Å². The maximum absolute atomic E-state index is 9.85. The fraction of sp³-hybridized carbons (Fsp3) is 0.714. The molecule has 1 rings (SSSR count). The molecule has 0 aliphatic carbocycles. The average Bonchev–Trinajstić information content (AvgIpc) is 2.79. The number of hydrogen-bond donors (Lipinski definition) is 1. The monoisotopic (exact) mass is 271 g/mol. The number of ether oxygens (including phenoxy) is 1. The van der Waals surface area contributed by atoms with Crippen LogP contribution in [0.2, 0.25) is 0 Å². The number of aliphatic hydroxyl groups excluding tert-OH is 1. The smallest absolute Gasteiger partial charge is 0.0900 e. The molecule has 0 amide bonds. The molecule has 18 heavy (non-hydrogen) atoms. The molecule has 3 nitrogen and oxygen atoms in total. The number of hydrogen-bond acceptors (Lipinski definition) is 4. The van der Waals surface area contributed by atoms with Crippen molar-refractivity contribution >= 4 is 11.3 Å². The van der Waals surface area contributed by atoms with Gasteiger partial charge in [0.15, 0.2) is 0 Å². The summed E-state index contributed by atoms with van der Waals surface area (Å²) in [6.07, 6.45) is 0.765. The summed E-state index contributed by atoms with van der Waals surface area (Å²) >= 11 is 1.68. The number of thiophene rings is 1. The summed E-state index contributed by atoms with van der Waals surface area (Å²) in [4.78, 5) is 3.37. The van der Waals surface area contributed by atoms with Gasteiger partial charge in [0.1, 0.15) is 0 Å². The summed E-state index contributed by atoms with van der Waals surface area (Å²) in [5.41, 5.74) is 0. The first kappa shape index (κ1) is 15.6. The molecule has 0 aliphatic heterocycles. The van der Waals surface area contributed by atoms with Gasteiger partial charge in [-0.3, -0.25) is 0 Å². The molecule has 1 heterocycles. The maximum Gasteiger partial charge on any atom is 0.0900 e. The molecule has 1 unspecified atom stereocenters. The summed E-state index contributed by atoms with van der Waals surface area (Å²) in [7, 11) is 2.05. The molecule has 1 N–H and O–H groups in total. The molecule has 0 bridgehead atoms. The van der Waals surface area contributed by atoms with Crippen molar-refractivity contribution in [1.82, 2.24) is 4.90 Å².